The summed E-state index contributed by atoms with van der Waals surface area (Å²) < 4.78 is 7.56. The van der Waals surface area contributed by atoms with Crippen LogP contribution in [0.4, 0.5) is 0 Å². The molecular weight excluding hydrogens is 593 g/mol. The van der Waals surface area contributed by atoms with Crippen molar-refractivity contribution in [2.45, 2.75) is 151 Å². The van der Waals surface area contributed by atoms with E-state index in [-0.39, 0.29) is 11.4 Å². The standard InChI is InChI=1S/C44H60O2S/c1-4-7-12-19-34-29-38(20-13-8-5-2)42(39(30-34)21-14-9-6-3)47(40-22-15-10-16-23-40,41-24-17-11-18-25-41)46-43(45)44-31-35-26-36(32-44)28-37(27-35)33-44/h10-11,15-18,22-25,29-30,35-37H,4-9,12-14,19-21,26-28,31-33H2,1-3H3. The Labute approximate surface area is 288 Å². The van der Waals surface area contributed by atoms with Gasteiger partial charge in [0.15, 0.2) is 0 Å². The predicted octanol–water partition coefficient (Wildman–Crippen LogP) is 12.8. The first-order chi connectivity index (χ1) is 23.0. The molecule has 3 aromatic rings. The molecule has 0 heterocycles. The topological polar surface area (TPSA) is 26.3 Å². The maximum absolute atomic E-state index is 15.2. The van der Waals surface area contributed by atoms with Gasteiger partial charge in [-0.15, -0.1) is 0 Å². The molecule has 0 spiro atoms. The van der Waals surface area contributed by atoms with Gasteiger partial charge in [-0.05, 0) is 146 Å². The van der Waals surface area contributed by atoms with Gasteiger partial charge in [-0.3, -0.25) is 4.79 Å². The number of rotatable bonds is 17. The van der Waals surface area contributed by atoms with Gasteiger partial charge >= 0.3 is 5.97 Å². The molecule has 0 N–H and O–H groups in total. The molecule has 254 valence electrons. The Morgan fingerprint density at radius 2 is 1.06 bits per heavy atom. The van der Waals surface area contributed by atoms with Crippen LogP contribution in [0.25, 0.3) is 0 Å². The Balaban J connectivity index is 1.57. The van der Waals surface area contributed by atoms with Crippen molar-refractivity contribution in [2.24, 2.45) is 23.2 Å². The van der Waals surface area contributed by atoms with E-state index in [1.54, 1.807) is 0 Å². The monoisotopic (exact) mass is 652 g/mol. The zero-order chi connectivity index (χ0) is 32.7. The zero-order valence-corrected chi connectivity index (χ0v) is 30.4. The van der Waals surface area contributed by atoms with Crippen molar-refractivity contribution in [3.05, 3.63) is 89.5 Å². The molecular formula is C44H60O2S. The van der Waals surface area contributed by atoms with Crippen molar-refractivity contribution in [1.82, 2.24) is 0 Å². The second kappa shape index (κ2) is 15.8. The van der Waals surface area contributed by atoms with Crippen molar-refractivity contribution in [3.8, 4) is 0 Å². The molecule has 4 aliphatic carbocycles. The normalized spacial score (nSPS) is 23.6. The van der Waals surface area contributed by atoms with E-state index in [1.165, 1.54) is 98.6 Å². The van der Waals surface area contributed by atoms with Gasteiger partial charge in [0.25, 0.3) is 0 Å². The molecule has 0 atom stereocenters. The first-order valence-electron chi connectivity index (χ1n) is 19.3. The van der Waals surface area contributed by atoms with Crippen molar-refractivity contribution in [1.29, 1.82) is 0 Å². The summed E-state index contributed by atoms with van der Waals surface area (Å²) in [4.78, 5) is 18.9. The first-order valence-corrected chi connectivity index (χ1v) is 20.9. The third-order valence-corrected chi connectivity index (χ3v) is 15.0. The van der Waals surface area contributed by atoms with Crippen LogP contribution in [0.1, 0.15) is 134 Å². The highest BCUT2D eigenvalue weighted by Gasteiger charge is 2.57. The first kappa shape index (κ1) is 34.3. The number of hydrogen-bond donors (Lipinski definition) is 0. The van der Waals surface area contributed by atoms with Crippen LogP contribution in [-0.4, -0.2) is 5.97 Å². The van der Waals surface area contributed by atoms with Gasteiger partial charge in [-0.25, -0.2) is 0 Å². The second-order valence-electron chi connectivity index (χ2n) is 15.4. The molecule has 2 nitrogen and oxygen atoms in total. The van der Waals surface area contributed by atoms with Gasteiger partial charge in [0.05, 0.1) is 5.41 Å². The van der Waals surface area contributed by atoms with Gasteiger partial charge in [0.2, 0.25) is 0 Å². The molecule has 4 fully saturated rings. The van der Waals surface area contributed by atoms with Gasteiger partial charge in [-0.2, -0.15) is 0 Å². The number of carbonyl (C=O) groups excluding carboxylic acids is 1. The summed E-state index contributed by atoms with van der Waals surface area (Å²) >= 11 is 0. The van der Waals surface area contributed by atoms with Crippen LogP contribution in [0.2, 0.25) is 0 Å². The fraction of sp³-hybridized carbons (Fsp3) is 0.568. The van der Waals surface area contributed by atoms with E-state index in [2.05, 4.69) is 93.6 Å². The minimum absolute atomic E-state index is 0.102. The maximum atomic E-state index is 15.2. The van der Waals surface area contributed by atoms with E-state index >= 15 is 4.79 Å². The van der Waals surface area contributed by atoms with Crippen molar-refractivity contribution < 1.29 is 8.98 Å². The SMILES string of the molecule is CCCCCc1cc(CCCCC)c(S(OC(=O)C23CC4CC(CC(C4)C2)C3)(c2ccccc2)c2ccccc2)c(CCCCC)c1. The van der Waals surface area contributed by atoms with Crippen LogP contribution in [0.3, 0.4) is 0 Å². The molecule has 7 rings (SSSR count). The van der Waals surface area contributed by atoms with Crippen LogP contribution in [0, 0.1) is 23.2 Å². The predicted molar refractivity (Wildman–Crippen MR) is 198 cm³/mol. The lowest BCUT2D eigenvalue weighted by atomic mass is 9.49. The van der Waals surface area contributed by atoms with Crippen molar-refractivity contribution >= 4 is 16.3 Å². The molecule has 0 aromatic heterocycles. The van der Waals surface area contributed by atoms with Crippen LogP contribution >= 0.6 is 10.3 Å². The zero-order valence-electron chi connectivity index (χ0n) is 29.6. The molecule has 3 heteroatoms. The molecule has 47 heavy (non-hydrogen) atoms. The smallest absolute Gasteiger partial charge is 0.323 e. The fourth-order valence-electron chi connectivity index (χ4n) is 9.72. The van der Waals surface area contributed by atoms with Gasteiger partial charge in [-0.1, -0.05) is 108 Å². The number of unbranched alkanes of at least 4 members (excludes halogenated alkanes) is 6. The van der Waals surface area contributed by atoms with Gasteiger partial charge in [0.1, 0.15) is 0 Å². The van der Waals surface area contributed by atoms with Crippen molar-refractivity contribution in [3.63, 3.8) is 0 Å². The summed E-state index contributed by atoms with van der Waals surface area (Å²) in [5, 5.41) is 0. The second-order valence-corrected chi connectivity index (χ2v) is 18.0. The molecule has 0 radical (unpaired) electrons. The fourth-order valence-corrected chi connectivity index (χ4v) is 13.3. The summed E-state index contributed by atoms with van der Waals surface area (Å²) in [7, 11) is -2.35. The Morgan fingerprint density at radius 1 is 0.638 bits per heavy atom. The Bertz CT molecular complexity index is 1340. The third kappa shape index (κ3) is 7.41. The lowest BCUT2D eigenvalue weighted by Gasteiger charge is -2.56. The van der Waals surface area contributed by atoms with Crippen LogP contribution in [0.5, 0.6) is 0 Å². The van der Waals surface area contributed by atoms with Crippen molar-refractivity contribution in [2.75, 3.05) is 0 Å². The Kier molecular flexibility index (Phi) is 11.5. The Morgan fingerprint density at radius 3 is 1.49 bits per heavy atom. The average Bonchev–Trinajstić information content (AvgIpc) is 3.08. The van der Waals surface area contributed by atoms with Crippen LogP contribution in [-0.2, 0) is 28.2 Å². The molecule has 0 saturated heterocycles. The highest BCUT2D eigenvalue weighted by molar-refractivity contribution is 8.30. The number of benzene rings is 3. The summed E-state index contributed by atoms with van der Waals surface area (Å²) in [6.07, 6.45) is 21.2. The minimum Gasteiger partial charge on any atom is -0.401 e. The summed E-state index contributed by atoms with van der Waals surface area (Å²) in [6.45, 7) is 6.90. The summed E-state index contributed by atoms with van der Waals surface area (Å²) in [6, 6.07) is 27.0. The third-order valence-electron chi connectivity index (χ3n) is 11.6. The molecule has 4 saturated carbocycles. The average molecular weight is 653 g/mol. The van der Waals surface area contributed by atoms with Crippen LogP contribution < -0.4 is 0 Å². The van der Waals surface area contributed by atoms with E-state index < -0.39 is 10.3 Å². The number of aryl methyl sites for hydroxylation is 3. The largest absolute Gasteiger partial charge is 0.401 e. The highest BCUT2D eigenvalue weighted by Crippen LogP contribution is 2.73. The quantitative estimate of drug-likeness (QED) is 0.136. The molecule has 4 aliphatic rings. The van der Waals surface area contributed by atoms with E-state index in [4.69, 9.17) is 4.18 Å². The number of hydrogen-bond acceptors (Lipinski definition) is 2. The van der Waals surface area contributed by atoms with Gasteiger partial charge < -0.3 is 4.18 Å². The molecule has 0 unspecified atom stereocenters. The Hall–Kier alpha value is -2.52. The molecule has 0 amide bonds. The minimum atomic E-state index is -2.35. The summed E-state index contributed by atoms with van der Waals surface area (Å²) in [5.41, 5.74) is 4.02. The molecule has 0 aliphatic heterocycles. The summed E-state index contributed by atoms with van der Waals surface area (Å²) in [5.74, 6) is 2.19. The van der Waals surface area contributed by atoms with Crippen LogP contribution in [0.15, 0.2) is 87.5 Å². The lowest BCUT2D eigenvalue weighted by Crippen LogP contribution is -2.50. The molecule has 4 bridgehead atoms. The molecule has 3 aromatic carbocycles. The highest BCUT2D eigenvalue weighted by atomic mass is 32.3. The van der Waals surface area contributed by atoms with E-state index in [0.29, 0.717) is 17.8 Å². The van der Waals surface area contributed by atoms with E-state index in [0.717, 1.165) is 48.3 Å². The lowest BCUT2D eigenvalue weighted by molar-refractivity contribution is -0.160. The number of carbonyl (C=O) groups is 1. The van der Waals surface area contributed by atoms with Gasteiger partial charge in [0, 0.05) is 14.7 Å². The van der Waals surface area contributed by atoms with E-state index in [1.807, 2.05) is 0 Å². The van der Waals surface area contributed by atoms with E-state index in [9.17, 15) is 0 Å². The maximum Gasteiger partial charge on any atom is 0.323 e.